The quantitative estimate of drug-likeness (QED) is 0.132. The summed E-state index contributed by atoms with van der Waals surface area (Å²) < 4.78 is 15.2. The minimum Gasteiger partial charge on any atom is -0.481 e. The first-order valence-corrected chi connectivity index (χ1v) is 13.9. The molecular formula is C30H34FN5O9. The fourth-order valence-electron chi connectivity index (χ4n) is 4.81. The molecule has 0 saturated heterocycles. The number of fused-ring (bicyclic) bond motifs is 1. The van der Waals surface area contributed by atoms with Crippen molar-refractivity contribution in [2.75, 3.05) is 11.4 Å². The van der Waals surface area contributed by atoms with E-state index in [-0.39, 0.29) is 18.5 Å². The van der Waals surface area contributed by atoms with Crippen LogP contribution in [0.2, 0.25) is 0 Å². The average molecular weight is 628 g/mol. The number of carboxylic acids is 3. The van der Waals surface area contributed by atoms with Crippen molar-refractivity contribution in [2.24, 2.45) is 11.7 Å². The van der Waals surface area contributed by atoms with Gasteiger partial charge in [0, 0.05) is 25.2 Å². The zero-order chi connectivity index (χ0) is 33.6. The molecule has 0 radical (unpaired) electrons. The first-order chi connectivity index (χ1) is 21.1. The number of rotatable bonds is 15. The van der Waals surface area contributed by atoms with Crippen LogP contribution >= 0.6 is 0 Å². The van der Waals surface area contributed by atoms with Crippen molar-refractivity contribution in [3.63, 3.8) is 0 Å². The number of aryl methyl sites for hydroxylation is 2. The Kier molecular flexibility index (Phi) is 11.1. The number of carbonyl (C=O) groups excluding carboxylic acids is 2. The van der Waals surface area contributed by atoms with E-state index < -0.39 is 71.8 Å². The number of H-pyrrole nitrogens is 1. The van der Waals surface area contributed by atoms with Crippen molar-refractivity contribution in [3.05, 3.63) is 69.0 Å². The van der Waals surface area contributed by atoms with Gasteiger partial charge in [-0.1, -0.05) is 0 Å². The van der Waals surface area contributed by atoms with Crippen molar-refractivity contribution in [1.82, 2.24) is 15.3 Å². The summed E-state index contributed by atoms with van der Waals surface area (Å²) in [5.41, 5.74) is 7.40. The van der Waals surface area contributed by atoms with Crippen LogP contribution in [-0.4, -0.2) is 73.5 Å². The number of nitrogens with one attached hydrogen (secondary N) is 2. The van der Waals surface area contributed by atoms with E-state index >= 15 is 4.39 Å². The molecule has 0 aliphatic heterocycles. The number of carbonyl (C=O) groups is 5. The molecule has 0 saturated carbocycles. The number of benzene rings is 2. The Labute approximate surface area is 256 Å². The summed E-state index contributed by atoms with van der Waals surface area (Å²) in [7, 11) is 0. The van der Waals surface area contributed by atoms with Crippen molar-refractivity contribution in [3.8, 4) is 0 Å². The van der Waals surface area contributed by atoms with Gasteiger partial charge >= 0.3 is 17.9 Å². The number of aliphatic carboxylic acids is 3. The highest BCUT2D eigenvalue weighted by Gasteiger charge is 2.36. The molecule has 7 N–H and O–H groups in total. The van der Waals surface area contributed by atoms with Crippen LogP contribution in [0.3, 0.4) is 0 Å². The van der Waals surface area contributed by atoms with Crippen molar-refractivity contribution in [1.29, 1.82) is 0 Å². The molecule has 0 aliphatic carbocycles. The maximum Gasteiger partial charge on any atom is 0.326 e. The maximum absolute atomic E-state index is 15.2. The predicted molar refractivity (Wildman–Crippen MR) is 159 cm³/mol. The number of anilines is 1. The zero-order valence-electron chi connectivity index (χ0n) is 24.8. The summed E-state index contributed by atoms with van der Waals surface area (Å²) in [6, 6.07) is 3.81. The highest BCUT2D eigenvalue weighted by molar-refractivity contribution is 6.02. The molecule has 14 nitrogen and oxygen atoms in total. The molecule has 240 valence electrons. The minimum atomic E-state index is -1.96. The van der Waals surface area contributed by atoms with Gasteiger partial charge in [-0.15, -0.1) is 0 Å². The lowest BCUT2D eigenvalue weighted by molar-refractivity contribution is -0.148. The van der Waals surface area contributed by atoms with Crippen LogP contribution in [0, 0.1) is 25.6 Å². The number of aromatic nitrogens is 2. The molecular weight excluding hydrogens is 593 g/mol. The van der Waals surface area contributed by atoms with E-state index in [1.165, 1.54) is 6.07 Å². The number of hydrogen-bond acceptors (Lipinski definition) is 9. The normalized spacial score (nSPS) is 13.1. The van der Waals surface area contributed by atoms with Gasteiger partial charge in [0.25, 0.3) is 11.5 Å². The lowest BCUT2D eigenvalue weighted by Crippen LogP contribution is -2.47. The molecule has 3 aromatic rings. The van der Waals surface area contributed by atoms with Crippen molar-refractivity contribution < 1.29 is 43.7 Å². The van der Waals surface area contributed by atoms with E-state index in [0.717, 1.165) is 23.3 Å². The molecule has 1 unspecified atom stereocenters. The number of halogens is 1. The summed E-state index contributed by atoms with van der Waals surface area (Å²) in [5.74, 6) is -9.37. The number of nitrogens with zero attached hydrogens (tertiary/aromatic N) is 2. The molecule has 0 fully saturated rings. The van der Waals surface area contributed by atoms with Gasteiger partial charge in [0.2, 0.25) is 0 Å². The molecule has 15 heteroatoms. The van der Waals surface area contributed by atoms with Crippen molar-refractivity contribution >= 4 is 46.2 Å². The standard InChI is InChI=1S/C30H34FN5O9/c1-4-36(13-16-10-19-23(9-14(16)2)33-15(3)34-28(19)41)17-5-6-18(21(31)11-17)27(40)35-24(30(44)45)12-20(29(42)43)26(39)22(32)7-8-25(37)38/h5-6,9-11,20,22,24H,4,7-8,12-13,32H2,1-3H3,(H,35,40)(H,37,38)(H,42,43)(H,44,45)(H,33,34,41)/t20?,22-,24-/m1/s1. The van der Waals surface area contributed by atoms with Gasteiger partial charge in [0.05, 0.1) is 22.5 Å². The molecule has 0 spiro atoms. The van der Waals surface area contributed by atoms with Crippen LogP contribution in [0.25, 0.3) is 10.9 Å². The molecule has 0 bridgehead atoms. The summed E-state index contributed by atoms with van der Waals surface area (Å²) in [6.07, 6.45) is -1.78. The van der Waals surface area contributed by atoms with Gasteiger partial charge in [-0.3, -0.25) is 24.0 Å². The van der Waals surface area contributed by atoms with Gasteiger partial charge in [-0.05, 0) is 75.1 Å². The number of carboxylic acid groups (broad SMARTS) is 3. The third-order valence-corrected chi connectivity index (χ3v) is 7.34. The number of Topliss-reactive ketones (excluding diaryl/α,β-unsaturated/α-hetero) is 1. The maximum atomic E-state index is 15.2. The third-order valence-electron chi connectivity index (χ3n) is 7.34. The first-order valence-electron chi connectivity index (χ1n) is 13.9. The Hall–Kier alpha value is -5.18. The zero-order valence-corrected chi connectivity index (χ0v) is 24.8. The third kappa shape index (κ3) is 8.47. The Morgan fingerprint density at radius 2 is 1.76 bits per heavy atom. The van der Waals surface area contributed by atoms with Gasteiger partial charge in [0.15, 0.2) is 5.78 Å². The van der Waals surface area contributed by atoms with Gasteiger partial charge in [-0.2, -0.15) is 0 Å². The minimum absolute atomic E-state index is 0.289. The molecule has 45 heavy (non-hydrogen) atoms. The largest absolute Gasteiger partial charge is 0.481 e. The Bertz CT molecular complexity index is 1710. The van der Waals surface area contributed by atoms with Gasteiger partial charge in [-0.25, -0.2) is 14.2 Å². The van der Waals surface area contributed by atoms with Crippen LogP contribution in [-0.2, 0) is 25.7 Å². The van der Waals surface area contributed by atoms with Crippen LogP contribution in [0.4, 0.5) is 10.1 Å². The Morgan fingerprint density at radius 1 is 1.07 bits per heavy atom. The lowest BCUT2D eigenvalue weighted by Gasteiger charge is -2.25. The van der Waals surface area contributed by atoms with E-state index in [9.17, 15) is 39.0 Å². The lowest BCUT2D eigenvalue weighted by atomic mass is 9.90. The monoisotopic (exact) mass is 627 g/mol. The summed E-state index contributed by atoms with van der Waals surface area (Å²) in [5, 5.41) is 30.4. The summed E-state index contributed by atoms with van der Waals surface area (Å²) in [6.45, 7) is 6.08. The second kappa shape index (κ2) is 14.5. The topological polar surface area (TPSA) is 233 Å². The molecule has 3 atom stereocenters. The number of aromatic amines is 1. The number of amides is 1. The fourth-order valence-corrected chi connectivity index (χ4v) is 4.81. The molecule has 1 heterocycles. The van der Waals surface area contributed by atoms with Crippen LogP contribution in [0.15, 0.2) is 35.1 Å². The summed E-state index contributed by atoms with van der Waals surface area (Å²) in [4.78, 5) is 81.1. The molecule has 1 aromatic heterocycles. The SMILES string of the molecule is CCN(Cc1cc2c(=O)[nH]c(C)nc2cc1C)c1ccc(C(=O)N[C@H](CC(C(=O)O)C(=O)[C@H](N)CCC(=O)O)C(=O)O)c(F)c1. The number of hydrogen-bond donors (Lipinski definition) is 6. The average Bonchev–Trinajstić information content (AvgIpc) is 2.96. The molecule has 2 aromatic carbocycles. The van der Waals surface area contributed by atoms with E-state index in [0.29, 0.717) is 29.0 Å². The number of nitrogens with two attached hydrogens (primary N) is 1. The van der Waals surface area contributed by atoms with E-state index in [1.807, 2.05) is 13.8 Å². The predicted octanol–water partition coefficient (Wildman–Crippen LogP) is 1.74. The first kappa shape index (κ1) is 34.3. The Morgan fingerprint density at radius 3 is 2.33 bits per heavy atom. The van der Waals surface area contributed by atoms with Crippen molar-refractivity contribution in [2.45, 2.75) is 58.7 Å². The van der Waals surface area contributed by atoms with Gasteiger partial charge < -0.3 is 36.3 Å². The molecule has 0 aliphatic rings. The van der Waals surface area contributed by atoms with Crippen LogP contribution in [0.1, 0.15) is 53.5 Å². The van der Waals surface area contributed by atoms with E-state index in [4.69, 9.17) is 10.8 Å². The second-order valence-corrected chi connectivity index (χ2v) is 10.6. The van der Waals surface area contributed by atoms with E-state index in [2.05, 4.69) is 15.3 Å². The Balaban J connectivity index is 1.79. The summed E-state index contributed by atoms with van der Waals surface area (Å²) >= 11 is 0. The fraction of sp³-hybridized carbons (Fsp3) is 0.367. The van der Waals surface area contributed by atoms with Gasteiger partial charge in [0.1, 0.15) is 23.6 Å². The van der Waals surface area contributed by atoms with E-state index in [1.54, 1.807) is 24.0 Å². The molecule has 1 amide bonds. The highest BCUT2D eigenvalue weighted by Crippen LogP contribution is 2.24. The second-order valence-electron chi connectivity index (χ2n) is 10.6. The molecule has 3 rings (SSSR count). The van der Waals surface area contributed by atoms with Crippen LogP contribution < -0.4 is 21.5 Å². The number of ketones is 1. The van der Waals surface area contributed by atoms with Crippen LogP contribution in [0.5, 0.6) is 0 Å². The smallest absolute Gasteiger partial charge is 0.326 e. The highest BCUT2D eigenvalue weighted by atomic mass is 19.1.